The molecule has 0 saturated carbocycles. The Labute approximate surface area is 227 Å². The molecule has 3 aromatic carbocycles. The van der Waals surface area contributed by atoms with E-state index < -0.39 is 11.8 Å². The molecular formula is C29H32ClFN6O. The maximum absolute atomic E-state index is 14.4. The van der Waals surface area contributed by atoms with E-state index in [1.807, 2.05) is 30.3 Å². The highest BCUT2D eigenvalue weighted by Gasteiger charge is 2.21. The lowest BCUT2D eigenvalue weighted by Gasteiger charge is -2.25. The van der Waals surface area contributed by atoms with E-state index in [1.54, 1.807) is 0 Å². The first-order chi connectivity index (χ1) is 18.2. The Hall–Kier alpha value is -3.78. The van der Waals surface area contributed by atoms with Gasteiger partial charge in [-0.15, -0.1) is 10.2 Å². The number of nitrogens with zero attached hydrogens (tertiary/aromatic N) is 3. The van der Waals surface area contributed by atoms with Gasteiger partial charge in [-0.1, -0.05) is 75.7 Å². The van der Waals surface area contributed by atoms with Gasteiger partial charge in [0, 0.05) is 16.3 Å². The standard InChI is InChI=1S/C29H32ClFN6O/c1-17(2)13-20(14-18(3)4)23-11-9-19(22-7-5-6-8-24(22)28-34-36-37-35-28)15-27(23)33-29(38)32-26-12-10-21(30)16-25(26)31/h5-12,15-18,20H,13-14H2,1-4H3,(H2,32,33,38)(H,34,35,36,37). The summed E-state index contributed by atoms with van der Waals surface area (Å²) in [6.07, 6.45) is 1.94. The summed E-state index contributed by atoms with van der Waals surface area (Å²) in [7, 11) is 0. The number of benzene rings is 3. The number of amides is 2. The number of urea groups is 1. The first-order valence-electron chi connectivity index (χ1n) is 12.7. The number of rotatable bonds is 9. The summed E-state index contributed by atoms with van der Waals surface area (Å²) in [4.78, 5) is 13.1. The zero-order chi connectivity index (χ0) is 27.2. The van der Waals surface area contributed by atoms with Crippen LogP contribution in [-0.2, 0) is 0 Å². The second kappa shape index (κ2) is 12.2. The molecule has 7 nitrogen and oxygen atoms in total. The maximum Gasteiger partial charge on any atom is 0.323 e. The van der Waals surface area contributed by atoms with E-state index in [2.05, 4.69) is 71.1 Å². The van der Waals surface area contributed by atoms with Gasteiger partial charge in [-0.05, 0) is 76.8 Å². The van der Waals surface area contributed by atoms with E-state index in [9.17, 15) is 9.18 Å². The molecule has 1 heterocycles. The molecule has 4 rings (SSSR count). The van der Waals surface area contributed by atoms with Crippen LogP contribution in [0.2, 0.25) is 5.02 Å². The predicted octanol–water partition coefficient (Wildman–Crippen LogP) is 8.15. The SMILES string of the molecule is CC(C)CC(CC(C)C)c1ccc(-c2ccccc2-c2nn[nH]n2)cc1NC(=O)Nc1ccc(Cl)cc1F. The predicted molar refractivity (Wildman–Crippen MR) is 151 cm³/mol. The van der Waals surface area contributed by atoms with Crippen LogP contribution in [-0.4, -0.2) is 26.7 Å². The molecule has 0 aliphatic rings. The number of aromatic amines is 1. The minimum atomic E-state index is -0.604. The summed E-state index contributed by atoms with van der Waals surface area (Å²) in [6, 6.07) is 17.5. The Bertz CT molecular complexity index is 1380. The van der Waals surface area contributed by atoms with Crippen LogP contribution >= 0.6 is 11.6 Å². The third-order valence-electron chi connectivity index (χ3n) is 6.26. The molecule has 0 bridgehead atoms. The fraction of sp³-hybridized carbons (Fsp3) is 0.310. The average molecular weight is 535 g/mol. The van der Waals surface area contributed by atoms with Crippen LogP contribution in [0.25, 0.3) is 22.5 Å². The molecule has 0 fully saturated rings. The van der Waals surface area contributed by atoms with Crippen molar-refractivity contribution in [3.05, 3.63) is 77.1 Å². The number of carbonyl (C=O) groups is 1. The molecule has 198 valence electrons. The van der Waals surface area contributed by atoms with Crippen molar-refractivity contribution < 1.29 is 9.18 Å². The minimum absolute atomic E-state index is 0.0490. The molecule has 4 aromatic rings. The molecule has 0 radical (unpaired) electrons. The molecule has 0 unspecified atom stereocenters. The van der Waals surface area contributed by atoms with Gasteiger partial charge in [-0.3, -0.25) is 0 Å². The lowest BCUT2D eigenvalue weighted by molar-refractivity contribution is 0.262. The van der Waals surface area contributed by atoms with Crippen molar-refractivity contribution in [1.29, 1.82) is 0 Å². The largest absolute Gasteiger partial charge is 0.323 e. The zero-order valence-corrected chi connectivity index (χ0v) is 22.7. The van der Waals surface area contributed by atoms with Crippen LogP contribution in [0.15, 0.2) is 60.7 Å². The molecule has 1 aromatic heterocycles. The smallest absolute Gasteiger partial charge is 0.307 e. The topological polar surface area (TPSA) is 95.6 Å². The van der Waals surface area contributed by atoms with Crippen LogP contribution < -0.4 is 10.6 Å². The second-order valence-electron chi connectivity index (χ2n) is 10.2. The van der Waals surface area contributed by atoms with Gasteiger partial charge in [0.05, 0.1) is 5.69 Å². The fourth-order valence-electron chi connectivity index (χ4n) is 4.75. The minimum Gasteiger partial charge on any atom is -0.307 e. The molecule has 0 aliphatic heterocycles. The van der Waals surface area contributed by atoms with Crippen LogP contribution in [0.1, 0.15) is 52.0 Å². The summed E-state index contributed by atoms with van der Waals surface area (Å²) in [6.45, 7) is 8.80. The van der Waals surface area contributed by atoms with Crippen LogP contribution in [0.5, 0.6) is 0 Å². The lowest BCUT2D eigenvalue weighted by atomic mass is 9.82. The van der Waals surface area contributed by atoms with Crippen molar-refractivity contribution in [3.8, 4) is 22.5 Å². The summed E-state index contributed by atoms with van der Waals surface area (Å²) >= 11 is 5.86. The average Bonchev–Trinajstić information content (AvgIpc) is 3.40. The van der Waals surface area contributed by atoms with Gasteiger partial charge < -0.3 is 10.6 Å². The number of H-pyrrole nitrogens is 1. The van der Waals surface area contributed by atoms with Crippen molar-refractivity contribution in [2.24, 2.45) is 11.8 Å². The van der Waals surface area contributed by atoms with Gasteiger partial charge in [0.2, 0.25) is 5.82 Å². The van der Waals surface area contributed by atoms with E-state index in [-0.39, 0.29) is 16.6 Å². The maximum atomic E-state index is 14.4. The summed E-state index contributed by atoms with van der Waals surface area (Å²) < 4.78 is 14.4. The number of tetrazole rings is 1. The number of hydrogen-bond donors (Lipinski definition) is 3. The highest BCUT2D eigenvalue weighted by atomic mass is 35.5. The molecule has 9 heteroatoms. The third kappa shape index (κ3) is 6.75. The van der Waals surface area contributed by atoms with E-state index in [4.69, 9.17) is 11.6 Å². The fourth-order valence-corrected chi connectivity index (χ4v) is 4.91. The molecule has 0 spiro atoms. The molecule has 38 heavy (non-hydrogen) atoms. The Kier molecular flexibility index (Phi) is 8.73. The molecule has 0 saturated heterocycles. The van der Waals surface area contributed by atoms with Gasteiger partial charge in [0.25, 0.3) is 0 Å². The number of anilines is 2. The van der Waals surface area contributed by atoms with Crippen molar-refractivity contribution >= 4 is 29.0 Å². The number of carbonyl (C=O) groups excluding carboxylic acids is 1. The van der Waals surface area contributed by atoms with Crippen LogP contribution in [0.3, 0.4) is 0 Å². The Morgan fingerprint density at radius 3 is 2.24 bits per heavy atom. The van der Waals surface area contributed by atoms with E-state index >= 15 is 0 Å². The molecule has 0 aliphatic carbocycles. The summed E-state index contributed by atoms with van der Waals surface area (Å²) in [5.41, 5.74) is 4.36. The third-order valence-corrected chi connectivity index (χ3v) is 6.49. The van der Waals surface area contributed by atoms with Crippen molar-refractivity contribution in [2.75, 3.05) is 10.6 Å². The normalized spacial score (nSPS) is 11.4. The molecule has 0 atom stereocenters. The zero-order valence-electron chi connectivity index (χ0n) is 21.9. The number of aromatic nitrogens is 4. The highest BCUT2D eigenvalue weighted by molar-refractivity contribution is 6.30. The molecular weight excluding hydrogens is 503 g/mol. The van der Waals surface area contributed by atoms with Crippen LogP contribution in [0, 0.1) is 17.7 Å². The molecule has 3 N–H and O–H groups in total. The Morgan fingerprint density at radius 1 is 0.921 bits per heavy atom. The van der Waals surface area contributed by atoms with Crippen molar-refractivity contribution in [3.63, 3.8) is 0 Å². The number of halogens is 2. The van der Waals surface area contributed by atoms with Crippen molar-refractivity contribution in [2.45, 2.75) is 46.5 Å². The quantitative estimate of drug-likeness (QED) is 0.202. The summed E-state index contributed by atoms with van der Waals surface area (Å²) in [5.74, 6) is 1.06. The van der Waals surface area contributed by atoms with E-state index in [1.165, 1.54) is 18.2 Å². The van der Waals surface area contributed by atoms with Gasteiger partial charge in [-0.25, -0.2) is 9.18 Å². The van der Waals surface area contributed by atoms with Gasteiger partial charge in [-0.2, -0.15) is 5.21 Å². The van der Waals surface area contributed by atoms with Gasteiger partial charge in [0.1, 0.15) is 5.82 Å². The van der Waals surface area contributed by atoms with E-state index in [0.29, 0.717) is 23.3 Å². The first-order valence-corrected chi connectivity index (χ1v) is 13.1. The van der Waals surface area contributed by atoms with Gasteiger partial charge in [0.15, 0.2) is 0 Å². The Balaban J connectivity index is 1.75. The molecule has 2 amide bonds. The van der Waals surface area contributed by atoms with E-state index in [0.717, 1.165) is 35.1 Å². The second-order valence-corrected chi connectivity index (χ2v) is 10.7. The highest BCUT2D eigenvalue weighted by Crippen LogP contribution is 2.39. The number of nitrogens with one attached hydrogen (secondary N) is 3. The lowest BCUT2D eigenvalue weighted by Crippen LogP contribution is -2.22. The Morgan fingerprint density at radius 2 is 1.61 bits per heavy atom. The van der Waals surface area contributed by atoms with Gasteiger partial charge >= 0.3 is 6.03 Å². The summed E-state index contributed by atoms with van der Waals surface area (Å²) in [5, 5.41) is 20.3. The first kappa shape index (κ1) is 27.3. The monoisotopic (exact) mass is 534 g/mol. The van der Waals surface area contributed by atoms with Crippen molar-refractivity contribution in [1.82, 2.24) is 20.6 Å². The van der Waals surface area contributed by atoms with Crippen LogP contribution in [0.4, 0.5) is 20.6 Å². The number of hydrogen-bond acceptors (Lipinski definition) is 4.